The Morgan fingerprint density at radius 2 is 1.96 bits per heavy atom. The van der Waals surface area contributed by atoms with Crippen LogP contribution in [0, 0.1) is 5.82 Å². The van der Waals surface area contributed by atoms with Gasteiger partial charge in [0, 0.05) is 13.0 Å². The predicted molar refractivity (Wildman–Crippen MR) is 88.2 cm³/mol. The molecule has 1 amide bonds. The number of hydrogen-bond donors (Lipinski definition) is 1. The van der Waals surface area contributed by atoms with Gasteiger partial charge in [0.15, 0.2) is 5.72 Å². The third-order valence-corrected chi connectivity index (χ3v) is 4.63. The molecule has 2 aromatic rings. The van der Waals surface area contributed by atoms with E-state index in [0.717, 1.165) is 24.9 Å². The summed E-state index contributed by atoms with van der Waals surface area (Å²) in [6.45, 7) is 2.26. The highest BCUT2D eigenvalue weighted by Gasteiger charge is 2.43. The molecular formula is C19H19FN2O2. The smallest absolute Gasteiger partial charge is 0.258 e. The fraction of sp³-hybridized carbons (Fsp3) is 0.316. The molecule has 1 saturated heterocycles. The van der Waals surface area contributed by atoms with Crippen LogP contribution in [0.3, 0.4) is 0 Å². The van der Waals surface area contributed by atoms with Crippen molar-refractivity contribution >= 4 is 5.91 Å². The van der Waals surface area contributed by atoms with Crippen LogP contribution in [0.2, 0.25) is 0 Å². The number of fused-ring (bicyclic) bond motifs is 1. The molecule has 0 bridgehead atoms. The number of rotatable bonds is 2. The first-order chi connectivity index (χ1) is 11.6. The van der Waals surface area contributed by atoms with Crippen LogP contribution in [0.1, 0.15) is 28.8 Å². The minimum atomic E-state index is -0.677. The van der Waals surface area contributed by atoms with Gasteiger partial charge in [-0.1, -0.05) is 24.3 Å². The van der Waals surface area contributed by atoms with Gasteiger partial charge in [-0.05, 0) is 42.8 Å². The number of carbonyl (C=O) groups excluding carboxylic acids is 1. The molecule has 124 valence electrons. The number of benzene rings is 2. The molecule has 0 aromatic heterocycles. The average Bonchev–Trinajstić information content (AvgIpc) is 2.57. The van der Waals surface area contributed by atoms with E-state index < -0.39 is 5.72 Å². The fourth-order valence-corrected chi connectivity index (χ4v) is 3.53. The summed E-state index contributed by atoms with van der Waals surface area (Å²) in [5.41, 5.74) is 0.957. The average molecular weight is 326 g/mol. The Morgan fingerprint density at radius 3 is 2.79 bits per heavy atom. The molecule has 0 saturated carbocycles. The molecule has 2 aliphatic heterocycles. The molecule has 4 rings (SSSR count). The van der Waals surface area contributed by atoms with Gasteiger partial charge in [0.25, 0.3) is 5.91 Å². The minimum absolute atomic E-state index is 0.0829. The molecular weight excluding hydrogens is 307 g/mol. The first kappa shape index (κ1) is 15.1. The SMILES string of the molecule is O=C1NC2(CCCN(Cc3ccc(F)cc3)C2)Oc2ccccc21. The van der Waals surface area contributed by atoms with Gasteiger partial charge in [0.05, 0.1) is 12.1 Å². The molecule has 1 fully saturated rings. The van der Waals surface area contributed by atoms with Crippen molar-refractivity contribution in [3.8, 4) is 5.75 Å². The van der Waals surface area contributed by atoms with Gasteiger partial charge < -0.3 is 10.1 Å². The van der Waals surface area contributed by atoms with Gasteiger partial charge in [-0.15, -0.1) is 0 Å². The van der Waals surface area contributed by atoms with Crippen LogP contribution in [0.4, 0.5) is 4.39 Å². The Morgan fingerprint density at radius 1 is 1.17 bits per heavy atom. The second kappa shape index (κ2) is 5.91. The molecule has 4 nitrogen and oxygen atoms in total. The Labute approximate surface area is 140 Å². The van der Waals surface area contributed by atoms with Crippen LogP contribution in [-0.2, 0) is 6.54 Å². The van der Waals surface area contributed by atoms with Crippen LogP contribution in [-0.4, -0.2) is 29.6 Å². The van der Waals surface area contributed by atoms with Gasteiger partial charge in [-0.25, -0.2) is 4.39 Å². The number of halogens is 1. The second-order valence-electron chi connectivity index (χ2n) is 6.49. The number of carbonyl (C=O) groups is 1. The van der Waals surface area contributed by atoms with E-state index >= 15 is 0 Å². The van der Waals surface area contributed by atoms with Gasteiger partial charge in [-0.2, -0.15) is 0 Å². The van der Waals surface area contributed by atoms with Crippen LogP contribution < -0.4 is 10.1 Å². The number of nitrogens with one attached hydrogen (secondary N) is 1. The Kier molecular flexibility index (Phi) is 3.73. The normalized spacial score (nSPS) is 23.5. The second-order valence-corrected chi connectivity index (χ2v) is 6.49. The summed E-state index contributed by atoms with van der Waals surface area (Å²) in [4.78, 5) is 14.7. The van der Waals surface area contributed by atoms with Crippen LogP contribution in [0.25, 0.3) is 0 Å². The topological polar surface area (TPSA) is 41.6 Å². The maximum absolute atomic E-state index is 13.1. The first-order valence-electron chi connectivity index (χ1n) is 8.21. The van der Waals surface area contributed by atoms with Crippen LogP contribution in [0.5, 0.6) is 5.75 Å². The van der Waals surface area contributed by atoms with E-state index in [1.54, 1.807) is 18.2 Å². The van der Waals surface area contributed by atoms with Crippen molar-refractivity contribution in [2.75, 3.05) is 13.1 Å². The van der Waals surface area contributed by atoms with E-state index in [2.05, 4.69) is 10.2 Å². The van der Waals surface area contributed by atoms with Crippen molar-refractivity contribution < 1.29 is 13.9 Å². The molecule has 2 aromatic carbocycles. The summed E-state index contributed by atoms with van der Waals surface area (Å²) < 4.78 is 19.2. The minimum Gasteiger partial charge on any atom is -0.466 e. The van der Waals surface area contributed by atoms with E-state index in [9.17, 15) is 9.18 Å². The zero-order valence-corrected chi connectivity index (χ0v) is 13.3. The van der Waals surface area contributed by atoms with E-state index in [4.69, 9.17) is 4.74 Å². The maximum Gasteiger partial charge on any atom is 0.258 e. The summed E-state index contributed by atoms with van der Waals surface area (Å²) in [5.74, 6) is 0.332. The van der Waals surface area contributed by atoms with Crippen molar-refractivity contribution in [3.63, 3.8) is 0 Å². The molecule has 5 heteroatoms. The molecule has 2 heterocycles. The van der Waals surface area contributed by atoms with Gasteiger partial charge in [-0.3, -0.25) is 9.69 Å². The standard InChI is InChI=1S/C19H19FN2O2/c20-15-8-6-14(7-9-15)12-22-11-3-10-19(13-22)21-18(23)16-4-1-2-5-17(16)24-19/h1-2,4-9H,3,10-13H2,(H,21,23). The Hall–Kier alpha value is -2.40. The highest BCUT2D eigenvalue weighted by Crippen LogP contribution is 2.32. The summed E-state index contributed by atoms with van der Waals surface area (Å²) in [7, 11) is 0. The lowest BCUT2D eigenvalue weighted by Gasteiger charge is -2.45. The zero-order valence-electron chi connectivity index (χ0n) is 13.3. The number of amides is 1. The zero-order chi connectivity index (χ0) is 16.6. The molecule has 0 radical (unpaired) electrons. The highest BCUT2D eigenvalue weighted by atomic mass is 19.1. The lowest BCUT2D eigenvalue weighted by atomic mass is 9.97. The number of nitrogens with zero attached hydrogens (tertiary/aromatic N) is 1. The van der Waals surface area contributed by atoms with E-state index in [-0.39, 0.29) is 11.7 Å². The molecule has 1 spiro atoms. The third kappa shape index (κ3) is 2.87. The molecule has 1 unspecified atom stereocenters. The fourth-order valence-electron chi connectivity index (χ4n) is 3.53. The van der Waals surface area contributed by atoms with Gasteiger partial charge >= 0.3 is 0 Å². The third-order valence-electron chi connectivity index (χ3n) is 4.63. The molecule has 2 aliphatic rings. The quantitative estimate of drug-likeness (QED) is 0.922. The molecule has 1 N–H and O–H groups in total. The van der Waals surface area contributed by atoms with E-state index in [0.29, 0.717) is 24.4 Å². The molecule has 1 atom stereocenters. The lowest BCUT2D eigenvalue weighted by Crippen LogP contribution is -2.63. The van der Waals surface area contributed by atoms with Crippen molar-refractivity contribution in [2.24, 2.45) is 0 Å². The summed E-state index contributed by atoms with van der Waals surface area (Å²) in [5, 5.41) is 3.05. The van der Waals surface area contributed by atoms with Crippen molar-refractivity contribution in [2.45, 2.75) is 25.1 Å². The van der Waals surface area contributed by atoms with Crippen molar-refractivity contribution in [1.82, 2.24) is 10.2 Å². The number of likely N-dealkylation sites (tertiary alicyclic amines) is 1. The van der Waals surface area contributed by atoms with Crippen molar-refractivity contribution in [1.29, 1.82) is 0 Å². The molecule has 0 aliphatic carbocycles. The van der Waals surface area contributed by atoms with Gasteiger partial charge in [0.2, 0.25) is 0 Å². The van der Waals surface area contributed by atoms with Crippen molar-refractivity contribution in [3.05, 3.63) is 65.5 Å². The Bertz CT molecular complexity index is 762. The van der Waals surface area contributed by atoms with Crippen LogP contribution >= 0.6 is 0 Å². The number of hydrogen-bond acceptors (Lipinski definition) is 3. The van der Waals surface area contributed by atoms with E-state index in [1.165, 1.54) is 12.1 Å². The summed E-state index contributed by atoms with van der Waals surface area (Å²) in [6, 6.07) is 13.9. The summed E-state index contributed by atoms with van der Waals surface area (Å²) in [6.07, 6.45) is 1.72. The monoisotopic (exact) mass is 326 g/mol. The summed E-state index contributed by atoms with van der Waals surface area (Å²) >= 11 is 0. The number of ether oxygens (including phenoxy) is 1. The van der Waals surface area contributed by atoms with E-state index in [1.807, 2.05) is 18.2 Å². The van der Waals surface area contributed by atoms with Crippen LogP contribution in [0.15, 0.2) is 48.5 Å². The number of para-hydroxylation sites is 1. The van der Waals surface area contributed by atoms with Gasteiger partial charge in [0.1, 0.15) is 11.6 Å². The maximum atomic E-state index is 13.1. The highest BCUT2D eigenvalue weighted by molar-refractivity contribution is 5.98. The Balaban J connectivity index is 1.52. The number of piperidine rings is 1. The largest absolute Gasteiger partial charge is 0.466 e. The predicted octanol–water partition coefficient (Wildman–Crippen LogP) is 2.94. The first-order valence-corrected chi connectivity index (χ1v) is 8.21. The lowest BCUT2D eigenvalue weighted by molar-refractivity contribution is -0.0393. The molecule has 24 heavy (non-hydrogen) atoms.